The molecule has 0 aliphatic rings. The van der Waals surface area contributed by atoms with Crippen molar-refractivity contribution in [1.82, 2.24) is 4.98 Å². The lowest BCUT2D eigenvalue weighted by atomic mass is 10.1. The molecule has 3 N–H and O–H groups in total. The molecule has 0 radical (unpaired) electrons. The van der Waals surface area contributed by atoms with Gasteiger partial charge in [-0.15, -0.1) is 0 Å². The Morgan fingerprint density at radius 2 is 2.00 bits per heavy atom. The van der Waals surface area contributed by atoms with E-state index in [1.165, 1.54) is 5.56 Å². The number of anilines is 1. The van der Waals surface area contributed by atoms with E-state index in [0.717, 1.165) is 11.3 Å². The fourth-order valence-corrected chi connectivity index (χ4v) is 1.75. The van der Waals surface area contributed by atoms with Crippen LogP contribution in [0.1, 0.15) is 27.2 Å². The molecule has 0 unspecified atom stereocenters. The summed E-state index contributed by atoms with van der Waals surface area (Å²) in [6.45, 7) is 4.38. The number of nitrogens with zero attached hydrogens (tertiary/aromatic N) is 1. The summed E-state index contributed by atoms with van der Waals surface area (Å²) >= 11 is 0. The van der Waals surface area contributed by atoms with Crippen LogP contribution in [-0.4, -0.2) is 10.9 Å². The normalized spacial score (nSPS) is 10.3. The van der Waals surface area contributed by atoms with Gasteiger partial charge in [0.15, 0.2) is 0 Å². The first kappa shape index (κ1) is 13.2. The van der Waals surface area contributed by atoms with Crippen LogP contribution in [0, 0.1) is 13.8 Å². The molecule has 2 rings (SSSR count). The highest BCUT2D eigenvalue weighted by Crippen LogP contribution is 2.15. The highest BCUT2D eigenvalue weighted by atomic mass is 16.1. The average Bonchev–Trinajstić information content (AvgIpc) is 2.43. The Hall–Kier alpha value is -2.20. The number of carbonyl (C=O) groups excluding carboxylic acids is 1. The zero-order valence-corrected chi connectivity index (χ0v) is 11.1. The Labute approximate surface area is 112 Å². The number of hydrogen-bond acceptors (Lipinski definition) is 3. The molecule has 19 heavy (non-hydrogen) atoms. The number of aromatic nitrogens is 1. The van der Waals surface area contributed by atoms with Gasteiger partial charge in [0, 0.05) is 24.0 Å². The van der Waals surface area contributed by atoms with Crippen LogP contribution in [0.25, 0.3) is 0 Å². The number of aryl methyl sites for hydroxylation is 2. The third-order valence-electron chi connectivity index (χ3n) is 3.05. The molecule has 1 amide bonds. The minimum atomic E-state index is -0.152. The van der Waals surface area contributed by atoms with Gasteiger partial charge in [-0.05, 0) is 49.2 Å². The van der Waals surface area contributed by atoms with E-state index in [1.807, 2.05) is 32.0 Å². The quantitative estimate of drug-likeness (QED) is 0.885. The minimum absolute atomic E-state index is 0.152. The van der Waals surface area contributed by atoms with Gasteiger partial charge in [-0.3, -0.25) is 9.78 Å². The summed E-state index contributed by atoms with van der Waals surface area (Å²) in [5, 5.41) is 2.87. The Morgan fingerprint density at radius 3 is 2.68 bits per heavy atom. The Kier molecular flexibility index (Phi) is 3.92. The van der Waals surface area contributed by atoms with Gasteiger partial charge in [0.1, 0.15) is 0 Å². The van der Waals surface area contributed by atoms with E-state index < -0.39 is 0 Å². The number of benzene rings is 1. The highest BCUT2D eigenvalue weighted by Gasteiger charge is 2.07. The number of nitrogens with one attached hydrogen (secondary N) is 1. The summed E-state index contributed by atoms with van der Waals surface area (Å²) in [6.07, 6.45) is 1.59. The van der Waals surface area contributed by atoms with Gasteiger partial charge < -0.3 is 11.1 Å². The number of nitrogens with two attached hydrogens (primary N) is 1. The van der Waals surface area contributed by atoms with Crippen molar-refractivity contribution in [3.8, 4) is 0 Å². The molecule has 0 spiro atoms. The van der Waals surface area contributed by atoms with Gasteiger partial charge in [0.25, 0.3) is 5.91 Å². The predicted molar refractivity (Wildman–Crippen MR) is 76.0 cm³/mol. The summed E-state index contributed by atoms with van der Waals surface area (Å²) in [5.41, 5.74) is 9.92. The molecule has 0 bridgehead atoms. The van der Waals surface area contributed by atoms with Crippen LogP contribution >= 0.6 is 0 Å². The molecule has 1 aromatic heterocycles. The topological polar surface area (TPSA) is 68.0 Å². The molecule has 0 saturated carbocycles. The molecular weight excluding hydrogens is 238 g/mol. The lowest BCUT2D eigenvalue weighted by molar-refractivity contribution is 0.102. The molecule has 0 atom stereocenters. The lowest BCUT2D eigenvalue weighted by Crippen LogP contribution is -2.13. The number of amides is 1. The molecule has 2 aromatic rings. The fourth-order valence-electron chi connectivity index (χ4n) is 1.75. The standard InChI is InChI=1S/C15H17N3O/c1-10-3-4-13(7-11(10)2)18-15(19)12-5-6-17-14(8-12)9-16/h3-8H,9,16H2,1-2H3,(H,18,19). The molecule has 0 aliphatic heterocycles. The van der Waals surface area contributed by atoms with Crippen molar-refractivity contribution in [2.75, 3.05) is 5.32 Å². The van der Waals surface area contributed by atoms with E-state index in [1.54, 1.807) is 18.3 Å². The van der Waals surface area contributed by atoms with Crippen molar-refractivity contribution < 1.29 is 4.79 Å². The summed E-state index contributed by atoms with van der Waals surface area (Å²) in [6, 6.07) is 9.22. The van der Waals surface area contributed by atoms with E-state index >= 15 is 0 Å². The monoisotopic (exact) mass is 255 g/mol. The van der Waals surface area contributed by atoms with E-state index in [-0.39, 0.29) is 5.91 Å². The molecule has 0 aliphatic carbocycles. The molecule has 4 nitrogen and oxygen atoms in total. The van der Waals surface area contributed by atoms with Crippen molar-refractivity contribution in [3.63, 3.8) is 0 Å². The molecule has 4 heteroatoms. The van der Waals surface area contributed by atoms with E-state index in [4.69, 9.17) is 5.73 Å². The predicted octanol–water partition coefficient (Wildman–Crippen LogP) is 2.41. The first-order chi connectivity index (χ1) is 9.10. The SMILES string of the molecule is Cc1ccc(NC(=O)c2ccnc(CN)c2)cc1C. The van der Waals surface area contributed by atoms with Crippen molar-refractivity contribution in [2.45, 2.75) is 20.4 Å². The van der Waals surface area contributed by atoms with Crippen LogP contribution in [0.5, 0.6) is 0 Å². The van der Waals surface area contributed by atoms with Gasteiger partial charge in [0.05, 0.1) is 5.69 Å². The zero-order valence-electron chi connectivity index (χ0n) is 11.1. The van der Waals surface area contributed by atoms with Gasteiger partial charge in [0.2, 0.25) is 0 Å². The Morgan fingerprint density at radius 1 is 1.21 bits per heavy atom. The Bertz CT molecular complexity index is 608. The van der Waals surface area contributed by atoms with E-state index in [0.29, 0.717) is 17.8 Å². The second kappa shape index (κ2) is 5.63. The molecule has 1 aromatic carbocycles. The third-order valence-corrected chi connectivity index (χ3v) is 3.05. The van der Waals surface area contributed by atoms with Crippen LogP contribution in [0.4, 0.5) is 5.69 Å². The van der Waals surface area contributed by atoms with E-state index in [9.17, 15) is 4.79 Å². The summed E-state index contributed by atoms with van der Waals surface area (Å²) in [7, 11) is 0. The van der Waals surface area contributed by atoms with Gasteiger partial charge >= 0.3 is 0 Å². The van der Waals surface area contributed by atoms with Crippen LogP contribution < -0.4 is 11.1 Å². The molecular formula is C15H17N3O. The van der Waals surface area contributed by atoms with Crippen molar-refractivity contribution in [1.29, 1.82) is 0 Å². The first-order valence-corrected chi connectivity index (χ1v) is 6.14. The maximum absolute atomic E-state index is 12.1. The number of hydrogen-bond donors (Lipinski definition) is 2. The number of rotatable bonds is 3. The van der Waals surface area contributed by atoms with Crippen LogP contribution in [-0.2, 0) is 6.54 Å². The molecule has 0 fully saturated rings. The third kappa shape index (κ3) is 3.17. The van der Waals surface area contributed by atoms with Gasteiger partial charge in [-0.25, -0.2) is 0 Å². The molecule has 1 heterocycles. The van der Waals surface area contributed by atoms with Crippen LogP contribution in [0.15, 0.2) is 36.5 Å². The summed E-state index contributed by atoms with van der Waals surface area (Å²) in [4.78, 5) is 16.2. The summed E-state index contributed by atoms with van der Waals surface area (Å²) < 4.78 is 0. The van der Waals surface area contributed by atoms with Gasteiger partial charge in [-0.1, -0.05) is 6.07 Å². The second-order valence-electron chi connectivity index (χ2n) is 4.49. The first-order valence-electron chi connectivity index (χ1n) is 6.14. The van der Waals surface area contributed by atoms with Crippen molar-refractivity contribution >= 4 is 11.6 Å². The van der Waals surface area contributed by atoms with Crippen molar-refractivity contribution in [3.05, 3.63) is 58.9 Å². The maximum atomic E-state index is 12.1. The minimum Gasteiger partial charge on any atom is -0.325 e. The van der Waals surface area contributed by atoms with Crippen molar-refractivity contribution in [2.24, 2.45) is 5.73 Å². The lowest BCUT2D eigenvalue weighted by Gasteiger charge is -2.08. The zero-order chi connectivity index (χ0) is 13.8. The second-order valence-corrected chi connectivity index (χ2v) is 4.49. The van der Waals surface area contributed by atoms with Crippen LogP contribution in [0.3, 0.4) is 0 Å². The smallest absolute Gasteiger partial charge is 0.255 e. The molecule has 98 valence electrons. The Balaban J connectivity index is 2.18. The summed E-state index contributed by atoms with van der Waals surface area (Å²) in [5.74, 6) is -0.152. The average molecular weight is 255 g/mol. The number of carbonyl (C=O) groups is 1. The maximum Gasteiger partial charge on any atom is 0.255 e. The van der Waals surface area contributed by atoms with Crippen LogP contribution in [0.2, 0.25) is 0 Å². The number of pyridine rings is 1. The van der Waals surface area contributed by atoms with Gasteiger partial charge in [-0.2, -0.15) is 0 Å². The largest absolute Gasteiger partial charge is 0.325 e. The fraction of sp³-hybridized carbons (Fsp3) is 0.200. The van der Waals surface area contributed by atoms with E-state index in [2.05, 4.69) is 10.3 Å². The highest BCUT2D eigenvalue weighted by molar-refractivity contribution is 6.04. The molecule has 0 saturated heterocycles.